The van der Waals surface area contributed by atoms with Crippen molar-refractivity contribution in [2.45, 2.75) is 27.3 Å². The molecule has 0 aliphatic carbocycles. The number of aromatic nitrogens is 3. The number of halogens is 1. The molecule has 0 bridgehead atoms. The van der Waals surface area contributed by atoms with Gasteiger partial charge in [-0.05, 0) is 20.8 Å². The third-order valence-corrected chi connectivity index (χ3v) is 3.01. The molecule has 2 heterocycles. The summed E-state index contributed by atoms with van der Waals surface area (Å²) in [5.41, 5.74) is 2.01. The molecule has 2 rings (SSSR count). The molecule has 0 saturated heterocycles. The first kappa shape index (κ1) is 11.1. The second-order valence-electron chi connectivity index (χ2n) is 3.62. The molecule has 0 amide bonds. The summed E-state index contributed by atoms with van der Waals surface area (Å²) in [4.78, 5) is 19.7. The molecular weight excluding hydrogens is 226 g/mol. The number of aldehydes is 1. The summed E-state index contributed by atoms with van der Waals surface area (Å²) in [6.45, 7) is 6.33. The summed E-state index contributed by atoms with van der Waals surface area (Å²) in [5, 5.41) is 1.20. The number of hydrogen-bond acceptors (Lipinski definition) is 3. The van der Waals surface area contributed by atoms with Crippen molar-refractivity contribution in [2.75, 3.05) is 0 Å². The fraction of sp³-hybridized carbons (Fsp3) is 0.364. The molecule has 0 aromatic carbocycles. The van der Waals surface area contributed by atoms with Gasteiger partial charge in [-0.25, -0.2) is 9.97 Å². The molecule has 0 saturated carbocycles. The summed E-state index contributed by atoms with van der Waals surface area (Å²) in [6.07, 6.45) is 0.766. The van der Waals surface area contributed by atoms with Crippen LogP contribution < -0.4 is 0 Å². The minimum atomic E-state index is 0.440. The molecule has 0 spiro atoms. The fourth-order valence-electron chi connectivity index (χ4n) is 1.94. The zero-order valence-electron chi connectivity index (χ0n) is 9.41. The van der Waals surface area contributed by atoms with Gasteiger partial charge in [-0.2, -0.15) is 0 Å². The molecule has 84 valence electrons. The topological polar surface area (TPSA) is 47.8 Å². The molecule has 2 aromatic heterocycles. The van der Waals surface area contributed by atoms with Crippen LogP contribution in [0.3, 0.4) is 0 Å². The molecule has 0 unspecified atom stereocenters. The third kappa shape index (κ3) is 1.41. The van der Waals surface area contributed by atoms with Gasteiger partial charge in [-0.1, -0.05) is 11.6 Å². The first-order valence-corrected chi connectivity index (χ1v) is 5.46. The molecule has 16 heavy (non-hydrogen) atoms. The Bertz CT molecular complexity index is 574. The molecular formula is C11H12ClN3O. The smallest absolute Gasteiger partial charge is 0.153 e. The normalized spacial score (nSPS) is 11.0. The molecule has 0 atom stereocenters. The van der Waals surface area contributed by atoms with Gasteiger partial charge in [0, 0.05) is 6.54 Å². The summed E-state index contributed by atoms with van der Waals surface area (Å²) >= 11 is 6.14. The van der Waals surface area contributed by atoms with Gasteiger partial charge >= 0.3 is 0 Å². The van der Waals surface area contributed by atoms with Crippen LogP contribution in [0.1, 0.15) is 28.8 Å². The number of carbonyl (C=O) groups is 1. The van der Waals surface area contributed by atoms with Crippen LogP contribution in [0.2, 0.25) is 5.15 Å². The summed E-state index contributed by atoms with van der Waals surface area (Å²) in [7, 11) is 0. The number of nitrogens with zero attached hydrogens (tertiary/aromatic N) is 3. The molecule has 0 N–H and O–H groups in total. The maximum absolute atomic E-state index is 11.1. The van der Waals surface area contributed by atoms with E-state index in [9.17, 15) is 4.79 Å². The highest BCUT2D eigenvalue weighted by atomic mass is 35.5. The molecule has 4 nitrogen and oxygen atoms in total. The average molecular weight is 238 g/mol. The lowest BCUT2D eigenvalue weighted by Crippen LogP contribution is -1.98. The highest BCUT2D eigenvalue weighted by molar-refractivity contribution is 6.34. The van der Waals surface area contributed by atoms with E-state index in [2.05, 4.69) is 9.97 Å². The first-order valence-electron chi connectivity index (χ1n) is 5.08. The Morgan fingerprint density at radius 2 is 2.06 bits per heavy atom. The van der Waals surface area contributed by atoms with Crippen LogP contribution in [0.15, 0.2) is 0 Å². The van der Waals surface area contributed by atoms with Crippen LogP contribution in [0.25, 0.3) is 11.0 Å². The summed E-state index contributed by atoms with van der Waals surface area (Å²) in [6, 6.07) is 0. The largest absolute Gasteiger partial charge is 0.316 e. The van der Waals surface area contributed by atoms with Gasteiger partial charge in [0.05, 0.1) is 16.6 Å². The van der Waals surface area contributed by atoms with Gasteiger partial charge in [0.15, 0.2) is 6.29 Å². The van der Waals surface area contributed by atoms with Crippen LogP contribution in [0.5, 0.6) is 0 Å². The van der Waals surface area contributed by atoms with Gasteiger partial charge in [-0.15, -0.1) is 0 Å². The van der Waals surface area contributed by atoms with E-state index in [1.54, 1.807) is 0 Å². The Hall–Kier alpha value is -1.42. The Kier molecular flexibility index (Phi) is 2.68. The van der Waals surface area contributed by atoms with Crippen molar-refractivity contribution < 1.29 is 4.79 Å². The zero-order chi connectivity index (χ0) is 11.9. The minimum Gasteiger partial charge on any atom is -0.316 e. The van der Waals surface area contributed by atoms with Gasteiger partial charge in [0.2, 0.25) is 0 Å². The number of aryl methyl sites for hydroxylation is 3. The maximum atomic E-state index is 11.1. The quantitative estimate of drug-likeness (QED) is 0.754. The maximum Gasteiger partial charge on any atom is 0.153 e. The standard InChI is InChI=1S/C11H12ClN3O/c1-4-15-10(12)8(5-16)9-6(2)13-7(3)14-11(9)15/h5H,4H2,1-3H3. The van der Waals surface area contributed by atoms with Crippen LogP contribution in [0.4, 0.5) is 0 Å². The van der Waals surface area contributed by atoms with E-state index in [1.807, 2.05) is 25.3 Å². The van der Waals surface area contributed by atoms with Crippen molar-refractivity contribution in [3.63, 3.8) is 0 Å². The number of fused-ring (bicyclic) bond motifs is 1. The monoisotopic (exact) mass is 237 g/mol. The van der Waals surface area contributed by atoms with E-state index < -0.39 is 0 Å². The predicted molar refractivity (Wildman–Crippen MR) is 63.1 cm³/mol. The minimum absolute atomic E-state index is 0.440. The Labute approximate surface area is 98.3 Å². The van der Waals surface area contributed by atoms with Crippen molar-refractivity contribution in [1.82, 2.24) is 14.5 Å². The zero-order valence-corrected chi connectivity index (χ0v) is 10.2. The molecule has 2 aromatic rings. The van der Waals surface area contributed by atoms with Crippen LogP contribution >= 0.6 is 11.6 Å². The fourth-order valence-corrected chi connectivity index (χ4v) is 2.28. The number of hydrogen-bond donors (Lipinski definition) is 0. The van der Waals surface area contributed by atoms with E-state index >= 15 is 0 Å². The summed E-state index contributed by atoms with van der Waals surface area (Å²) in [5.74, 6) is 0.686. The van der Waals surface area contributed by atoms with Crippen molar-refractivity contribution >= 4 is 28.9 Å². The second kappa shape index (κ2) is 3.87. The van der Waals surface area contributed by atoms with Crippen LogP contribution in [0, 0.1) is 13.8 Å². The van der Waals surface area contributed by atoms with E-state index in [1.165, 1.54) is 0 Å². The van der Waals surface area contributed by atoms with Gasteiger partial charge in [-0.3, -0.25) is 4.79 Å². The number of carbonyl (C=O) groups excluding carboxylic acids is 1. The van der Waals surface area contributed by atoms with E-state index in [4.69, 9.17) is 11.6 Å². The van der Waals surface area contributed by atoms with Crippen molar-refractivity contribution in [3.05, 3.63) is 22.2 Å². The van der Waals surface area contributed by atoms with Gasteiger partial charge < -0.3 is 4.57 Å². The highest BCUT2D eigenvalue weighted by Gasteiger charge is 2.18. The lowest BCUT2D eigenvalue weighted by Gasteiger charge is -2.02. The Balaban J connectivity index is 3.00. The van der Waals surface area contributed by atoms with Crippen molar-refractivity contribution in [3.8, 4) is 0 Å². The van der Waals surface area contributed by atoms with Gasteiger partial charge in [0.25, 0.3) is 0 Å². The predicted octanol–water partition coefficient (Wildman–Crippen LogP) is 2.53. The highest BCUT2D eigenvalue weighted by Crippen LogP contribution is 2.29. The van der Waals surface area contributed by atoms with Crippen LogP contribution in [-0.2, 0) is 6.54 Å². The molecule has 0 aliphatic heterocycles. The summed E-state index contributed by atoms with van der Waals surface area (Å²) < 4.78 is 1.82. The SMILES string of the molecule is CCn1c(Cl)c(C=O)c2c(C)nc(C)nc21. The Morgan fingerprint density at radius 1 is 1.38 bits per heavy atom. The lowest BCUT2D eigenvalue weighted by atomic mass is 10.2. The van der Waals surface area contributed by atoms with Crippen molar-refractivity contribution in [1.29, 1.82) is 0 Å². The third-order valence-electron chi connectivity index (χ3n) is 2.60. The van der Waals surface area contributed by atoms with Crippen LogP contribution in [-0.4, -0.2) is 20.8 Å². The first-order chi connectivity index (χ1) is 7.60. The number of rotatable bonds is 2. The lowest BCUT2D eigenvalue weighted by molar-refractivity contribution is 0.112. The molecule has 0 fully saturated rings. The van der Waals surface area contributed by atoms with Crippen molar-refractivity contribution in [2.24, 2.45) is 0 Å². The van der Waals surface area contributed by atoms with Gasteiger partial charge in [0.1, 0.15) is 16.6 Å². The van der Waals surface area contributed by atoms with E-state index in [-0.39, 0.29) is 0 Å². The van der Waals surface area contributed by atoms with E-state index in [0.717, 1.165) is 23.0 Å². The molecule has 0 radical (unpaired) electrons. The second-order valence-corrected chi connectivity index (χ2v) is 3.98. The Morgan fingerprint density at radius 3 is 2.62 bits per heavy atom. The van der Waals surface area contributed by atoms with E-state index in [0.29, 0.717) is 23.1 Å². The average Bonchev–Trinajstić information content (AvgIpc) is 2.49. The molecule has 0 aliphatic rings. The molecule has 5 heteroatoms.